The Morgan fingerprint density at radius 1 is 1.30 bits per heavy atom. The van der Waals surface area contributed by atoms with Gasteiger partial charge in [-0.1, -0.05) is 13.8 Å². The number of nitrogens with one attached hydrogen (secondary N) is 2. The van der Waals surface area contributed by atoms with E-state index in [1.165, 1.54) is 0 Å². The first-order valence-corrected chi connectivity index (χ1v) is 8.22. The standard InChI is InChI=1S/C14H18BrIN2O2/c1-8(2)7-17-13(19)9(3)18-14(20)11-6-10(16)4-5-12(11)15/h4-6,8-9H,7H2,1-3H3,(H,17,19)(H,18,20). The van der Waals surface area contributed by atoms with E-state index in [0.717, 1.165) is 3.57 Å². The van der Waals surface area contributed by atoms with Crippen molar-refractivity contribution < 1.29 is 9.59 Å². The molecule has 20 heavy (non-hydrogen) atoms. The van der Waals surface area contributed by atoms with Crippen LogP contribution in [0.4, 0.5) is 0 Å². The monoisotopic (exact) mass is 452 g/mol. The molecule has 0 radical (unpaired) electrons. The fourth-order valence-corrected chi connectivity index (χ4v) is 2.39. The van der Waals surface area contributed by atoms with Crippen molar-refractivity contribution in [3.63, 3.8) is 0 Å². The van der Waals surface area contributed by atoms with Gasteiger partial charge in [0.05, 0.1) is 5.56 Å². The van der Waals surface area contributed by atoms with E-state index in [1.54, 1.807) is 13.0 Å². The van der Waals surface area contributed by atoms with Crippen molar-refractivity contribution in [1.29, 1.82) is 0 Å². The number of amides is 2. The summed E-state index contributed by atoms with van der Waals surface area (Å²) in [6.45, 7) is 6.32. The van der Waals surface area contributed by atoms with E-state index in [0.29, 0.717) is 22.5 Å². The number of hydrogen-bond donors (Lipinski definition) is 2. The molecule has 2 N–H and O–H groups in total. The van der Waals surface area contributed by atoms with Gasteiger partial charge in [0, 0.05) is 14.6 Å². The summed E-state index contributed by atoms with van der Waals surface area (Å²) in [5.74, 6) is -0.0527. The fourth-order valence-electron chi connectivity index (χ4n) is 1.47. The number of carbonyl (C=O) groups excluding carboxylic acids is 2. The van der Waals surface area contributed by atoms with E-state index in [1.807, 2.05) is 26.0 Å². The molecule has 0 fully saturated rings. The first kappa shape index (κ1) is 17.4. The average molecular weight is 453 g/mol. The zero-order valence-electron chi connectivity index (χ0n) is 11.7. The lowest BCUT2D eigenvalue weighted by molar-refractivity contribution is -0.122. The Labute approximate surface area is 141 Å². The Balaban J connectivity index is 2.65. The number of rotatable bonds is 5. The van der Waals surface area contributed by atoms with Gasteiger partial charge in [-0.25, -0.2) is 0 Å². The van der Waals surface area contributed by atoms with E-state index in [4.69, 9.17) is 0 Å². The van der Waals surface area contributed by atoms with Crippen LogP contribution in [0.2, 0.25) is 0 Å². The van der Waals surface area contributed by atoms with Crippen molar-refractivity contribution in [3.8, 4) is 0 Å². The van der Waals surface area contributed by atoms with E-state index < -0.39 is 6.04 Å². The number of carbonyl (C=O) groups is 2. The lowest BCUT2D eigenvalue weighted by Gasteiger charge is -2.15. The van der Waals surface area contributed by atoms with Gasteiger partial charge in [0.15, 0.2) is 0 Å². The Bertz CT molecular complexity index is 506. The van der Waals surface area contributed by atoms with Crippen molar-refractivity contribution in [3.05, 3.63) is 31.8 Å². The molecule has 0 spiro atoms. The Kier molecular flexibility index (Phi) is 6.94. The molecule has 1 aromatic carbocycles. The maximum atomic E-state index is 12.1. The summed E-state index contributed by atoms with van der Waals surface area (Å²) in [6.07, 6.45) is 0. The van der Waals surface area contributed by atoms with Gasteiger partial charge in [0.1, 0.15) is 6.04 Å². The van der Waals surface area contributed by atoms with Crippen LogP contribution in [-0.4, -0.2) is 24.4 Å². The highest BCUT2D eigenvalue weighted by atomic mass is 127. The highest BCUT2D eigenvalue weighted by Gasteiger charge is 2.18. The molecule has 1 aromatic rings. The predicted octanol–water partition coefficient (Wildman–Crippen LogP) is 2.94. The van der Waals surface area contributed by atoms with E-state index >= 15 is 0 Å². The number of halogens is 2. The molecular formula is C14H18BrIN2O2. The van der Waals surface area contributed by atoms with Gasteiger partial charge in [-0.05, 0) is 69.6 Å². The van der Waals surface area contributed by atoms with Crippen LogP contribution in [0.25, 0.3) is 0 Å². The third-order valence-electron chi connectivity index (χ3n) is 2.60. The van der Waals surface area contributed by atoms with Crippen LogP contribution < -0.4 is 10.6 Å². The first-order chi connectivity index (χ1) is 9.31. The van der Waals surface area contributed by atoms with Crippen molar-refractivity contribution in [2.75, 3.05) is 6.54 Å². The maximum Gasteiger partial charge on any atom is 0.253 e. The van der Waals surface area contributed by atoms with Gasteiger partial charge >= 0.3 is 0 Å². The molecule has 0 aromatic heterocycles. The van der Waals surface area contributed by atoms with Crippen LogP contribution in [0.15, 0.2) is 22.7 Å². The quantitative estimate of drug-likeness (QED) is 0.675. The third-order valence-corrected chi connectivity index (χ3v) is 3.96. The molecule has 0 aliphatic heterocycles. The topological polar surface area (TPSA) is 58.2 Å². The third kappa shape index (κ3) is 5.40. The van der Waals surface area contributed by atoms with Crippen LogP contribution in [0.3, 0.4) is 0 Å². The molecule has 4 nitrogen and oxygen atoms in total. The molecule has 1 atom stereocenters. The summed E-state index contributed by atoms with van der Waals surface area (Å²) in [5.41, 5.74) is 0.528. The highest BCUT2D eigenvalue weighted by Crippen LogP contribution is 2.19. The summed E-state index contributed by atoms with van der Waals surface area (Å²) in [4.78, 5) is 24.0. The molecule has 0 aliphatic carbocycles. The predicted molar refractivity (Wildman–Crippen MR) is 91.6 cm³/mol. The van der Waals surface area contributed by atoms with E-state index in [-0.39, 0.29) is 11.8 Å². The summed E-state index contributed by atoms with van der Waals surface area (Å²) in [5, 5.41) is 5.50. The largest absolute Gasteiger partial charge is 0.354 e. The molecule has 0 saturated carbocycles. The summed E-state index contributed by atoms with van der Waals surface area (Å²) in [6, 6.07) is 4.94. The SMILES string of the molecule is CC(C)CNC(=O)C(C)NC(=O)c1cc(I)ccc1Br. The second kappa shape index (κ2) is 7.97. The Hall–Kier alpha value is -0.630. The summed E-state index contributed by atoms with van der Waals surface area (Å²) < 4.78 is 1.68. The minimum Gasteiger partial charge on any atom is -0.354 e. The van der Waals surface area contributed by atoms with Crippen molar-refractivity contribution in [1.82, 2.24) is 10.6 Å². The molecule has 110 valence electrons. The van der Waals surface area contributed by atoms with Crippen LogP contribution in [0, 0.1) is 9.49 Å². The summed E-state index contributed by atoms with van der Waals surface area (Å²) in [7, 11) is 0. The lowest BCUT2D eigenvalue weighted by atomic mass is 10.2. The fraction of sp³-hybridized carbons (Fsp3) is 0.429. The molecule has 0 aliphatic rings. The van der Waals surface area contributed by atoms with Crippen LogP contribution in [0.5, 0.6) is 0 Å². The molecular weight excluding hydrogens is 435 g/mol. The Morgan fingerprint density at radius 2 is 1.95 bits per heavy atom. The van der Waals surface area contributed by atoms with Crippen molar-refractivity contribution in [2.24, 2.45) is 5.92 Å². The maximum absolute atomic E-state index is 12.1. The van der Waals surface area contributed by atoms with E-state index in [9.17, 15) is 9.59 Å². The first-order valence-electron chi connectivity index (χ1n) is 6.35. The Morgan fingerprint density at radius 3 is 2.55 bits per heavy atom. The second-order valence-corrected chi connectivity index (χ2v) is 7.06. The molecule has 2 amide bonds. The summed E-state index contributed by atoms with van der Waals surface area (Å²) >= 11 is 5.49. The molecule has 0 saturated heterocycles. The van der Waals surface area contributed by atoms with Gasteiger partial charge in [0.2, 0.25) is 5.91 Å². The molecule has 1 rings (SSSR count). The van der Waals surface area contributed by atoms with Crippen molar-refractivity contribution >= 4 is 50.3 Å². The molecule has 1 unspecified atom stereocenters. The van der Waals surface area contributed by atoms with Crippen LogP contribution in [-0.2, 0) is 4.79 Å². The highest BCUT2D eigenvalue weighted by molar-refractivity contribution is 14.1. The second-order valence-electron chi connectivity index (χ2n) is 4.96. The normalized spacial score (nSPS) is 12.1. The van der Waals surface area contributed by atoms with Gasteiger partial charge in [-0.2, -0.15) is 0 Å². The minimum absolute atomic E-state index is 0.172. The minimum atomic E-state index is -0.564. The molecule has 0 bridgehead atoms. The smallest absolute Gasteiger partial charge is 0.253 e. The van der Waals surface area contributed by atoms with Gasteiger partial charge in [0.25, 0.3) is 5.91 Å². The molecule has 0 heterocycles. The zero-order valence-corrected chi connectivity index (χ0v) is 15.4. The van der Waals surface area contributed by atoms with Crippen LogP contribution in [0.1, 0.15) is 31.1 Å². The van der Waals surface area contributed by atoms with Gasteiger partial charge < -0.3 is 10.6 Å². The number of benzene rings is 1. The molecule has 6 heteroatoms. The van der Waals surface area contributed by atoms with Crippen LogP contribution >= 0.6 is 38.5 Å². The van der Waals surface area contributed by atoms with E-state index in [2.05, 4.69) is 49.2 Å². The van der Waals surface area contributed by atoms with Crippen molar-refractivity contribution in [2.45, 2.75) is 26.8 Å². The lowest BCUT2D eigenvalue weighted by Crippen LogP contribution is -2.45. The van der Waals surface area contributed by atoms with Gasteiger partial charge in [-0.15, -0.1) is 0 Å². The van der Waals surface area contributed by atoms with Gasteiger partial charge in [-0.3, -0.25) is 9.59 Å². The zero-order chi connectivity index (χ0) is 15.3. The number of hydrogen-bond acceptors (Lipinski definition) is 2. The average Bonchev–Trinajstić information content (AvgIpc) is 2.38.